The highest BCUT2D eigenvalue weighted by Crippen LogP contribution is 2.27. The van der Waals surface area contributed by atoms with E-state index in [0.717, 1.165) is 31.2 Å². The van der Waals surface area contributed by atoms with Crippen molar-refractivity contribution >= 4 is 17.4 Å². The third-order valence-corrected chi connectivity index (χ3v) is 3.99. The molecule has 1 atom stereocenters. The Hall–Kier alpha value is -0.930. The summed E-state index contributed by atoms with van der Waals surface area (Å²) < 4.78 is 0. The maximum Gasteiger partial charge on any atom is 0.165 e. The molecule has 1 aromatic heterocycles. The number of carbonyl (C=O) groups excluding carboxylic acids is 1. The molecular weight excluding hydrogens is 250 g/mol. The monoisotopic (exact) mass is 267 g/mol. The number of ketones is 1. The van der Waals surface area contributed by atoms with E-state index in [1.54, 1.807) is 12.3 Å². The fraction of sp³-hybridized carbons (Fsp3) is 0.571. The van der Waals surface area contributed by atoms with Gasteiger partial charge in [0.25, 0.3) is 0 Å². The highest BCUT2D eigenvalue weighted by atomic mass is 35.5. The molecule has 1 aromatic rings. The van der Waals surface area contributed by atoms with E-state index in [-0.39, 0.29) is 18.1 Å². The molecule has 18 heavy (non-hydrogen) atoms. The van der Waals surface area contributed by atoms with Gasteiger partial charge in [-0.1, -0.05) is 30.9 Å². The van der Waals surface area contributed by atoms with Crippen molar-refractivity contribution in [3.63, 3.8) is 0 Å². The maximum absolute atomic E-state index is 12.0. The van der Waals surface area contributed by atoms with E-state index in [1.165, 1.54) is 12.6 Å². The number of hydrogen-bond acceptors (Lipinski definition) is 3. The Bertz CT molecular complexity index is 416. The smallest absolute Gasteiger partial charge is 0.165 e. The Morgan fingerprint density at radius 3 is 2.83 bits per heavy atom. The minimum atomic E-state index is -0.838. The minimum Gasteiger partial charge on any atom is -0.385 e. The van der Waals surface area contributed by atoms with Gasteiger partial charge in [-0.25, -0.2) is 0 Å². The summed E-state index contributed by atoms with van der Waals surface area (Å²) in [6, 6.07) is 1.73. The van der Waals surface area contributed by atoms with Crippen molar-refractivity contribution < 1.29 is 9.90 Å². The number of aliphatic hydroxyl groups excluding tert-OH is 1. The number of aromatic nitrogens is 1. The van der Waals surface area contributed by atoms with Crippen LogP contribution in [0.2, 0.25) is 5.02 Å². The summed E-state index contributed by atoms with van der Waals surface area (Å²) in [4.78, 5) is 15.9. The zero-order valence-corrected chi connectivity index (χ0v) is 11.1. The van der Waals surface area contributed by atoms with Gasteiger partial charge < -0.3 is 5.11 Å². The van der Waals surface area contributed by atoms with Crippen LogP contribution in [0, 0.1) is 5.92 Å². The summed E-state index contributed by atoms with van der Waals surface area (Å²) in [6.45, 7) is 0. The van der Waals surface area contributed by atoms with E-state index in [1.807, 2.05) is 0 Å². The molecule has 0 amide bonds. The summed E-state index contributed by atoms with van der Waals surface area (Å²) in [5.41, 5.74) is 0.742. The second kappa shape index (κ2) is 6.30. The summed E-state index contributed by atoms with van der Waals surface area (Å²) in [5.74, 6) is 0.00172. The van der Waals surface area contributed by atoms with Gasteiger partial charge in [0.05, 0.1) is 5.02 Å². The Morgan fingerprint density at radius 1 is 1.44 bits per heavy atom. The van der Waals surface area contributed by atoms with Crippen LogP contribution < -0.4 is 0 Å². The number of hydrogen-bond donors (Lipinski definition) is 1. The summed E-state index contributed by atoms with van der Waals surface area (Å²) >= 11 is 5.96. The first-order valence-corrected chi connectivity index (χ1v) is 6.85. The molecular formula is C14H18ClNO2. The Balaban J connectivity index is 1.97. The van der Waals surface area contributed by atoms with E-state index in [2.05, 4.69) is 4.98 Å². The second-order valence-corrected chi connectivity index (χ2v) is 5.36. The molecule has 0 saturated heterocycles. The van der Waals surface area contributed by atoms with Gasteiger partial charge in [-0.15, -0.1) is 0 Å². The molecule has 1 heterocycles. The van der Waals surface area contributed by atoms with Crippen molar-refractivity contribution in [2.45, 2.75) is 44.6 Å². The predicted octanol–water partition coefficient (Wildman–Crippen LogP) is 2.79. The number of carbonyl (C=O) groups is 1. The highest BCUT2D eigenvalue weighted by Gasteiger charge is 2.27. The quantitative estimate of drug-likeness (QED) is 0.913. The van der Waals surface area contributed by atoms with Gasteiger partial charge in [0.15, 0.2) is 5.78 Å². The Morgan fingerprint density at radius 2 is 2.17 bits per heavy atom. The summed E-state index contributed by atoms with van der Waals surface area (Å²) in [7, 11) is 0. The van der Waals surface area contributed by atoms with Crippen LogP contribution in [0.25, 0.3) is 0 Å². The maximum atomic E-state index is 12.0. The first-order chi connectivity index (χ1) is 8.68. The largest absolute Gasteiger partial charge is 0.385 e. The average Bonchev–Trinajstić information content (AvgIpc) is 2.41. The molecule has 3 nitrogen and oxygen atoms in total. The third-order valence-electron chi connectivity index (χ3n) is 3.65. The molecule has 1 N–H and O–H groups in total. The van der Waals surface area contributed by atoms with E-state index >= 15 is 0 Å². The molecule has 4 heteroatoms. The molecule has 2 rings (SSSR count). The number of nitrogens with zero attached hydrogens (tertiary/aromatic N) is 1. The lowest BCUT2D eigenvalue weighted by atomic mass is 9.83. The van der Waals surface area contributed by atoms with Crippen molar-refractivity contribution in [3.8, 4) is 0 Å². The van der Waals surface area contributed by atoms with Crippen LogP contribution in [0.1, 0.15) is 37.7 Å². The van der Waals surface area contributed by atoms with Crippen molar-refractivity contribution in [1.29, 1.82) is 0 Å². The average molecular weight is 268 g/mol. The minimum absolute atomic E-state index is 0.130. The first kappa shape index (κ1) is 13.5. The van der Waals surface area contributed by atoms with Crippen molar-refractivity contribution in [2.75, 3.05) is 0 Å². The van der Waals surface area contributed by atoms with Gasteiger partial charge in [0, 0.05) is 18.8 Å². The molecule has 1 aliphatic rings. The van der Waals surface area contributed by atoms with Crippen molar-refractivity contribution in [1.82, 2.24) is 4.98 Å². The number of halogens is 1. The van der Waals surface area contributed by atoms with Gasteiger partial charge in [-0.2, -0.15) is 0 Å². The van der Waals surface area contributed by atoms with Crippen LogP contribution in [-0.4, -0.2) is 22.0 Å². The van der Waals surface area contributed by atoms with Gasteiger partial charge in [0.2, 0.25) is 0 Å². The lowest BCUT2D eigenvalue weighted by molar-refractivity contribution is -0.129. The van der Waals surface area contributed by atoms with Gasteiger partial charge in [0.1, 0.15) is 6.10 Å². The number of pyridine rings is 1. The zero-order valence-electron chi connectivity index (χ0n) is 10.3. The fourth-order valence-corrected chi connectivity index (χ4v) is 2.74. The van der Waals surface area contributed by atoms with Crippen LogP contribution >= 0.6 is 11.6 Å². The van der Waals surface area contributed by atoms with Gasteiger partial charge >= 0.3 is 0 Å². The molecule has 1 saturated carbocycles. The van der Waals surface area contributed by atoms with Gasteiger partial charge in [-0.05, 0) is 30.4 Å². The van der Waals surface area contributed by atoms with Crippen molar-refractivity contribution in [2.24, 2.45) is 5.92 Å². The molecule has 98 valence electrons. The molecule has 1 unspecified atom stereocenters. The SMILES string of the molecule is O=C(Cc1ccncc1Cl)C(O)C1CCCCC1. The standard InChI is InChI=1S/C14H18ClNO2/c15-12-9-16-7-6-11(12)8-13(17)14(18)10-4-2-1-3-5-10/h6-7,9-10,14,18H,1-5,8H2. The number of rotatable bonds is 4. The molecule has 0 radical (unpaired) electrons. The fourth-order valence-electron chi connectivity index (χ4n) is 2.55. The van der Waals surface area contributed by atoms with E-state index in [0.29, 0.717) is 5.02 Å². The van der Waals surface area contributed by atoms with Crippen LogP contribution in [0.4, 0.5) is 0 Å². The molecule has 1 aliphatic carbocycles. The topological polar surface area (TPSA) is 50.2 Å². The predicted molar refractivity (Wildman–Crippen MR) is 70.5 cm³/mol. The summed E-state index contributed by atoms with van der Waals surface area (Å²) in [6.07, 6.45) is 7.85. The lowest BCUT2D eigenvalue weighted by Crippen LogP contribution is -2.32. The molecule has 0 spiro atoms. The third kappa shape index (κ3) is 3.30. The summed E-state index contributed by atoms with van der Waals surface area (Å²) in [5, 5.41) is 10.6. The highest BCUT2D eigenvalue weighted by molar-refractivity contribution is 6.31. The Kier molecular flexibility index (Phi) is 4.72. The second-order valence-electron chi connectivity index (χ2n) is 4.95. The van der Waals surface area contributed by atoms with E-state index < -0.39 is 6.10 Å². The molecule has 0 bridgehead atoms. The number of Topliss-reactive ketones (excluding diaryl/α,β-unsaturated/α-hetero) is 1. The first-order valence-electron chi connectivity index (χ1n) is 6.47. The zero-order chi connectivity index (χ0) is 13.0. The van der Waals surface area contributed by atoms with E-state index in [9.17, 15) is 9.90 Å². The molecule has 0 aromatic carbocycles. The van der Waals surface area contributed by atoms with Crippen LogP contribution in [0.3, 0.4) is 0 Å². The molecule has 1 fully saturated rings. The van der Waals surface area contributed by atoms with Crippen LogP contribution in [0.15, 0.2) is 18.5 Å². The number of aliphatic hydroxyl groups is 1. The van der Waals surface area contributed by atoms with Crippen molar-refractivity contribution in [3.05, 3.63) is 29.0 Å². The lowest BCUT2D eigenvalue weighted by Gasteiger charge is -2.25. The van der Waals surface area contributed by atoms with Crippen LogP contribution in [0.5, 0.6) is 0 Å². The van der Waals surface area contributed by atoms with Gasteiger partial charge in [-0.3, -0.25) is 9.78 Å². The normalized spacial score (nSPS) is 18.6. The Labute approximate surface area is 112 Å². The molecule has 0 aliphatic heterocycles. The van der Waals surface area contributed by atoms with Crippen LogP contribution in [-0.2, 0) is 11.2 Å². The van der Waals surface area contributed by atoms with E-state index in [4.69, 9.17) is 11.6 Å².